The van der Waals surface area contributed by atoms with Crippen molar-refractivity contribution in [2.75, 3.05) is 0 Å². The van der Waals surface area contributed by atoms with Crippen molar-refractivity contribution in [3.8, 4) is 6.07 Å². The zero-order chi connectivity index (χ0) is 76.4. The van der Waals surface area contributed by atoms with Gasteiger partial charge < -0.3 is 5.73 Å². The van der Waals surface area contributed by atoms with Crippen molar-refractivity contribution in [3.63, 3.8) is 0 Å². The van der Waals surface area contributed by atoms with Gasteiger partial charge in [-0.2, -0.15) is 44.8 Å². The molecule has 0 fully saturated rings. The fourth-order valence-corrected chi connectivity index (χ4v) is 9.49. The number of primary amides is 1. The number of nitrogens with zero attached hydrogens (tertiary/aromatic N) is 1. The number of hydrogen-bond acceptors (Lipinski definition) is 2. The number of amides is 1. The molecule has 8 rings (SSSR count). The van der Waals surface area contributed by atoms with Crippen LogP contribution in [0.3, 0.4) is 0 Å². The van der Waals surface area contributed by atoms with Crippen molar-refractivity contribution < 1.29 is 44.3 Å². The Balaban J connectivity index is 0.00000112. The van der Waals surface area contributed by atoms with Crippen LogP contribution in [0.15, 0.2) is 152 Å². The smallest absolute Gasteiger partial charge is 0.366 e. The lowest BCUT2D eigenvalue weighted by atomic mass is 9.98. The number of benzene rings is 8. The molecule has 12 heteroatoms. The van der Waals surface area contributed by atoms with Gasteiger partial charge >= 0.3 is 18.5 Å². The predicted octanol–water partition coefficient (Wildman–Crippen LogP) is 28.2. The normalized spacial score (nSPS) is 11.1. The molecule has 0 radical (unpaired) electrons. The maximum Gasteiger partial charge on any atom is 0.416 e. The Bertz CT molecular complexity index is 3600. The molecule has 100 heavy (non-hydrogen) atoms. The number of halogens is 9. The van der Waals surface area contributed by atoms with E-state index < -0.39 is 35.2 Å². The summed E-state index contributed by atoms with van der Waals surface area (Å²) in [5, 5.41) is 8.77. The first kappa shape index (κ1) is 92.1. The second-order valence-electron chi connectivity index (χ2n) is 28.2. The van der Waals surface area contributed by atoms with E-state index in [0.717, 1.165) is 38.9 Å². The first-order valence-corrected chi connectivity index (χ1v) is 34.2. The zero-order valence-corrected chi connectivity index (χ0v) is 63.9. The maximum absolute atomic E-state index is 12.5. The number of rotatable bonds is 9. The molecule has 1 amide bonds. The monoisotopic (exact) mass is 1390 g/mol. The largest absolute Gasteiger partial charge is 0.416 e. The lowest BCUT2D eigenvalue weighted by Crippen LogP contribution is -2.13. The molecule has 3 nitrogen and oxygen atoms in total. The number of nitriles is 1. The molecule has 8 aromatic carbocycles. The molecule has 0 aliphatic heterocycles. The summed E-state index contributed by atoms with van der Waals surface area (Å²) in [6.45, 7) is 52.1. The van der Waals surface area contributed by atoms with E-state index in [9.17, 15) is 44.3 Å². The first-order chi connectivity index (χ1) is 45.5. The maximum atomic E-state index is 12.5. The Labute approximate surface area is 597 Å². The van der Waals surface area contributed by atoms with E-state index in [-0.39, 0.29) is 47.8 Å². The molecule has 0 atom stereocenters. The first-order valence-electron chi connectivity index (χ1n) is 34.2. The molecule has 0 spiro atoms. The molecule has 0 saturated carbocycles. The molecule has 0 heterocycles. The van der Waals surface area contributed by atoms with Gasteiger partial charge in [0.15, 0.2) is 0 Å². The lowest BCUT2D eigenvalue weighted by Gasteiger charge is -2.13. The van der Waals surface area contributed by atoms with E-state index >= 15 is 0 Å². The number of nitrogens with two attached hydrogens (primary N) is 1. The van der Waals surface area contributed by atoms with E-state index in [1.165, 1.54) is 107 Å². The molecule has 8 aromatic rings. The number of alkyl halides is 9. The van der Waals surface area contributed by atoms with Gasteiger partial charge in [0.25, 0.3) is 0 Å². The average molecular weight is 1390 g/mol. The summed E-state index contributed by atoms with van der Waals surface area (Å²) < 4.78 is 112. The van der Waals surface area contributed by atoms with Crippen molar-refractivity contribution in [1.29, 1.82) is 5.26 Å². The minimum atomic E-state index is -4.24. The Hall–Kier alpha value is -7.91. The van der Waals surface area contributed by atoms with E-state index in [1.807, 2.05) is 85.7 Å². The molecule has 548 valence electrons. The summed E-state index contributed by atoms with van der Waals surface area (Å²) in [6, 6.07) is 49.7. The lowest BCUT2D eigenvalue weighted by molar-refractivity contribution is -0.138. The van der Waals surface area contributed by atoms with Crippen LogP contribution in [0.5, 0.6) is 0 Å². The minimum absolute atomic E-state index is 0. The van der Waals surface area contributed by atoms with Crippen molar-refractivity contribution >= 4 is 5.91 Å². The van der Waals surface area contributed by atoms with Crippen LogP contribution in [0.2, 0.25) is 0 Å². The van der Waals surface area contributed by atoms with Gasteiger partial charge in [0.05, 0.1) is 28.3 Å². The molecule has 0 aromatic heterocycles. The van der Waals surface area contributed by atoms with Crippen LogP contribution in [0.1, 0.15) is 298 Å². The van der Waals surface area contributed by atoms with Gasteiger partial charge in [0.1, 0.15) is 0 Å². The summed E-state index contributed by atoms with van der Waals surface area (Å²) in [5.41, 5.74) is 23.7. The van der Waals surface area contributed by atoms with Gasteiger partial charge in [-0.1, -0.05) is 245 Å². The summed E-state index contributed by atoms with van der Waals surface area (Å²) >= 11 is 0. The highest BCUT2D eigenvalue weighted by atomic mass is 19.4. The van der Waals surface area contributed by atoms with Crippen molar-refractivity contribution in [2.24, 2.45) is 5.73 Å². The Morgan fingerprint density at radius 2 is 0.520 bits per heavy atom. The summed E-state index contributed by atoms with van der Waals surface area (Å²) in [5.74, 6) is 2.89. The molecular formula is C88H117F9N2O. The third-order valence-corrected chi connectivity index (χ3v) is 17.1. The summed E-state index contributed by atoms with van der Waals surface area (Å²) in [6.07, 6.45) is -12.7. The highest BCUT2D eigenvalue weighted by Crippen LogP contribution is 2.36. The van der Waals surface area contributed by atoms with Gasteiger partial charge in [0, 0.05) is 5.56 Å². The highest BCUT2D eigenvalue weighted by molar-refractivity contribution is 5.94. The molecule has 0 aliphatic carbocycles. The van der Waals surface area contributed by atoms with Gasteiger partial charge in [-0.15, -0.1) is 0 Å². The molecule has 0 bridgehead atoms. The fraction of sp³-hybridized carbons (Fsp3) is 0.432. The van der Waals surface area contributed by atoms with Gasteiger partial charge in [0.2, 0.25) is 5.91 Å². The van der Waals surface area contributed by atoms with E-state index in [1.54, 1.807) is 18.2 Å². The topological polar surface area (TPSA) is 66.9 Å². The van der Waals surface area contributed by atoms with E-state index in [0.29, 0.717) is 35.2 Å². The van der Waals surface area contributed by atoms with Gasteiger partial charge in [-0.05, 0) is 241 Å². The van der Waals surface area contributed by atoms with Crippen LogP contribution in [0.25, 0.3) is 0 Å². The molecule has 2 N–H and O–H groups in total. The molecule has 0 saturated heterocycles. The summed E-state index contributed by atoms with van der Waals surface area (Å²) in [7, 11) is 0. The third kappa shape index (κ3) is 32.2. The van der Waals surface area contributed by atoms with Crippen molar-refractivity contribution in [1.82, 2.24) is 0 Å². The number of hydrogen-bond donors (Lipinski definition) is 1. The number of carbonyl (C=O) groups excluding carboxylic acids is 1. The number of carbonyl (C=O) groups is 1. The quantitative estimate of drug-likeness (QED) is 0.146. The van der Waals surface area contributed by atoms with Crippen LogP contribution < -0.4 is 5.73 Å². The highest BCUT2D eigenvalue weighted by Gasteiger charge is 2.34. The number of aryl methyl sites for hydroxylation is 10. The average Bonchev–Trinajstić information content (AvgIpc) is 0.832. The Morgan fingerprint density at radius 1 is 0.300 bits per heavy atom. The third-order valence-electron chi connectivity index (χ3n) is 17.1. The van der Waals surface area contributed by atoms with Crippen molar-refractivity contribution in [3.05, 3.63) is 280 Å². The van der Waals surface area contributed by atoms with E-state index in [2.05, 4.69) is 177 Å². The van der Waals surface area contributed by atoms with Crippen molar-refractivity contribution in [2.45, 2.75) is 253 Å². The SMILES string of the molecule is C.Cc1ccc(C(C)C)cc1.Cc1ccc(C(C)C)cc1C.Cc1ccc(C(C)C)cc1C.Cc1ccc(C(C)C)cc1C#N.Cc1ccc(C(C)C)cc1C(F)(F)F.Cc1ccc(C(C)C)cc1C(F)(F)F.Cc1ccc(C(C)C)cc1C(F)(F)F.Cc1ccc(C(C)C)cc1C(N)=O. The van der Waals surface area contributed by atoms with Crippen LogP contribution in [-0.4, -0.2) is 5.91 Å². The zero-order valence-electron chi connectivity index (χ0n) is 63.9. The fourth-order valence-electron chi connectivity index (χ4n) is 9.49. The van der Waals surface area contributed by atoms with E-state index in [4.69, 9.17) is 11.0 Å². The Morgan fingerprint density at radius 3 is 0.760 bits per heavy atom. The van der Waals surface area contributed by atoms with Crippen LogP contribution in [0.4, 0.5) is 39.5 Å². The molecular weight excluding hydrogens is 1270 g/mol. The summed E-state index contributed by atoms with van der Waals surface area (Å²) in [4.78, 5) is 11.0. The predicted molar refractivity (Wildman–Crippen MR) is 407 cm³/mol. The Kier molecular flexibility index (Phi) is 39.0. The van der Waals surface area contributed by atoms with Crippen LogP contribution in [-0.2, 0) is 18.5 Å². The second-order valence-corrected chi connectivity index (χ2v) is 28.2. The van der Waals surface area contributed by atoms with Crippen LogP contribution >= 0.6 is 0 Å². The molecule has 0 aliphatic rings. The van der Waals surface area contributed by atoms with Crippen LogP contribution in [0, 0.1) is 80.6 Å². The standard InChI is InChI=1S/3C11H13F3.C11H15NO.C11H13N.2C11H16.C10H14.CH4/c3*1-7(2)9-5-4-8(3)10(6-9)11(12,13)14;1-7(2)9-5-4-8(3)10(6-9)11(12)13;1-8(2)10-5-4-9(3)11(6-10)7-12;2*1-8(2)11-6-5-9(3)10(4)7-11;1-8(2)10-6-4-9(3)5-7-10;/h3*4-7H,1-3H3;4-7H,1-3H3,(H2,12,13);4-6,8H,1-3H3;2*5-8H,1-4H3;4-8H,1-3H3;1H4. The van der Waals surface area contributed by atoms with Gasteiger partial charge in [-0.25, -0.2) is 0 Å². The van der Waals surface area contributed by atoms with Gasteiger partial charge in [-0.3, -0.25) is 4.79 Å². The second kappa shape index (κ2) is 42.4. The minimum Gasteiger partial charge on any atom is -0.366 e. The molecule has 0 unspecified atom stereocenters.